The minimum Gasteiger partial charge on any atom is -0.332 e. The Morgan fingerprint density at radius 2 is 1.71 bits per heavy atom. The molecular weight excluding hydrogens is 288 g/mol. The van der Waals surface area contributed by atoms with E-state index < -0.39 is 10.0 Å². The van der Waals surface area contributed by atoms with Crippen molar-refractivity contribution in [2.75, 3.05) is 20.3 Å². The molecule has 0 heterocycles. The van der Waals surface area contributed by atoms with Gasteiger partial charge >= 0.3 is 0 Å². The molecule has 0 radical (unpaired) electrons. The molecule has 0 saturated carbocycles. The second kappa shape index (κ2) is 7.04. The first-order valence-corrected chi connectivity index (χ1v) is 8.37. The molecule has 0 unspecified atom stereocenters. The van der Waals surface area contributed by atoms with E-state index in [1.807, 2.05) is 20.8 Å². The van der Waals surface area contributed by atoms with E-state index in [1.165, 1.54) is 16.1 Å². The minimum atomic E-state index is -3.60. The number of hydrogen-bond acceptors (Lipinski definition) is 3. The summed E-state index contributed by atoms with van der Waals surface area (Å²) in [5, 5.41) is 0. The van der Waals surface area contributed by atoms with Crippen LogP contribution in [0.15, 0.2) is 29.2 Å². The Kier molecular flexibility index (Phi) is 5.92. The van der Waals surface area contributed by atoms with Crippen LogP contribution in [0.1, 0.15) is 26.3 Å². The van der Waals surface area contributed by atoms with Gasteiger partial charge in [-0.25, -0.2) is 8.42 Å². The number of benzene rings is 1. The highest BCUT2D eigenvalue weighted by atomic mass is 32.2. The standard InChI is InChI=1S/C15H24N2O3S/c1-12(2)10-17(11-16(5)14(4)18)21(19,20)15-8-6-13(3)7-9-15/h6-9,12H,10-11H2,1-5H3. The van der Waals surface area contributed by atoms with Gasteiger partial charge in [0.05, 0.1) is 11.6 Å². The number of amides is 1. The molecule has 0 saturated heterocycles. The summed E-state index contributed by atoms with van der Waals surface area (Å²) in [6, 6.07) is 6.75. The van der Waals surface area contributed by atoms with Crippen LogP contribution >= 0.6 is 0 Å². The highest BCUT2D eigenvalue weighted by Gasteiger charge is 2.26. The topological polar surface area (TPSA) is 57.7 Å². The molecule has 0 bridgehead atoms. The zero-order valence-electron chi connectivity index (χ0n) is 13.3. The Morgan fingerprint density at radius 3 is 2.14 bits per heavy atom. The molecule has 0 N–H and O–H groups in total. The van der Waals surface area contributed by atoms with Gasteiger partial charge < -0.3 is 4.90 Å². The summed E-state index contributed by atoms with van der Waals surface area (Å²) in [4.78, 5) is 13.0. The van der Waals surface area contributed by atoms with Gasteiger partial charge in [0.2, 0.25) is 15.9 Å². The van der Waals surface area contributed by atoms with Gasteiger partial charge in [-0.3, -0.25) is 4.79 Å². The number of hydrogen-bond donors (Lipinski definition) is 0. The van der Waals surface area contributed by atoms with Crippen LogP contribution < -0.4 is 0 Å². The van der Waals surface area contributed by atoms with Crippen molar-refractivity contribution in [3.63, 3.8) is 0 Å². The summed E-state index contributed by atoms with van der Waals surface area (Å²) >= 11 is 0. The molecule has 1 aromatic carbocycles. The highest BCUT2D eigenvalue weighted by Crippen LogP contribution is 2.18. The zero-order chi connectivity index (χ0) is 16.2. The van der Waals surface area contributed by atoms with Crippen LogP contribution in [-0.2, 0) is 14.8 Å². The summed E-state index contributed by atoms with van der Waals surface area (Å²) in [7, 11) is -2.00. The minimum absolute atomic E-state index is 0.0592. The third-order valence-corrected chi connectivity index (χ3v) is 4.95. The van der Waals surface area contributed by atoms with E-state index in [0.717, 1.165) is 5.56 Å². The van der Waals surface area contributed by atoms with Crippen LogP contribution in [-0.4, -0.2) is 43.8 Å². The predicted octanol–water partition coefficient (Wildman–Crippen LogP) is 2.08. The summed E-state index contributed by atoms with van der Waals surface area (Å²) < 4.78 is 26.8. The van der Waals surface area contributed by atoms with Crippen LogP contribution in [0.5, 0.6) is 0 Å². The summed E-state index contributed by atoms with van der Waals surface area (Å²) in [6.07, 6.45) is 0. The molecule has 118 valence electrons. The quantitative estimate of drug-likeness (QED) is 0.756. The third kappa shape index (κ3) is 4.82. The van der Waals surface area contributed by atoms with Gasteiger partial charge in [-0.15, -0.1) is 0 Å². The first-order valence-electron chi connectivity index (χ1n) is 6.93. The molecular formula is C15H24N2O3S. The average molecular weight is 312 g/mol. The summed E-state index contributed by atoms with van der Waals surface area (Å²) in [6.45, 7) is 7.66. The zero-order valence-corrected chi connectivity index (χ0v) is 14.1. The van der Waals surface area contributed by atoms with E-state index in [1.54, 1.807) is 31.3 Å². The fraction of sp³-hybridized carbons (Fsp3) is 0.533. The lowest BCUT2D eigenvalue weighted by atomic mass is 10.2. The maximum Gasteiger partial charge on any atom is 0.244 e. The van der Waals surface area contributed by atoms with Crippen LogP contribution in [0.3, 0.4) is 0 Å². The molecule has 1 rings (SSSR count). The Bertz CT molecular complexity index is 579. The second-order valence-corrected chi connectivity index (χ2v) is 7.64. The van der Waals surface area contributed by atoms with E-state index in [2.05, 4.69) is 0 Å². The average Bonchev–Trinajstić information content (AvgIpc) is 2.37. The fourth-order valence-electron chi connectivity index (χ4n) is 1.83. The molecule has 6 heteroatoms. The van der Waals surface area contributed by atoms with Gasteiger partial charge in [-0.1, -0.05) is 31.5 Å². The van der Waals surface area contributed by atoms with Gasteiger partial charge in [0.1, 0.15) is 0 Å². The Balaban J connectivity index is 3.10. The molecule has 1 aromatic rings. The number of rotatable bonds is 6. The molecule has 5 nitrogen and oxygen atoms in total. The third-order valence-electron chi connectivity index (χ3n) is 3.13. The van der Waals surface area contributed by atoms with Gasteiger partial charge in [-0.2, -0.15) is 4.31 Å². The Hall–Kier alpha value is -1.40. The van der Waals surface area contributed by atoms with Crippen molar-refractivity contribution >= 4 is 15.9 Å². The first kappa shape index (κ1) is 17.7. The number of carbonyl (C=O) groups is 1. The van der Waals surface area contributed by atoms with Crippen molar-refractivity contribution in [2.24, 2.45) is 5.92 Å². The highest BCUT2D eigenvalue weighted by molar-refractivity contribution is 7.89. The number of carbonyl (C=O) groups excluding carboxylic acids is 1. The first-order chi connectivity index (χ1) is 9.64. The van der Waals surface area contributed by atoms with Crippen LogP contribution in [0.4, 0.5) is 0 Å². The lowest BCUT2D eigenvalue weighted by molar-refractivity contribution is -0.128. The van der Waals surface area contributed by atoms with Gasteiger partial charge in [0, 0.05) is 20.5 Å². The molecule has 0 fully saturated rings. The van der Waals surface area contributed by atoms with Gasteiger partial charge in [0.15, 0.2) is 0 Å². The molecule has 0 aliphatic rings. The van der Waals surface area contributed by atoms with Crippen LogP contribution in [0.25, 0.3) is 0 Å². The molecule has 0 aliphatic carbocycles. The van der Waals surface area contributed by atoms with Gasteiger partial charge in [-0.05, 0) is 25.0 Å². The van der Waals surface area contributed by atoms with Gasteiger partial charge in [0.25, 0.3) is 0 Å². The Morgan fingerprint density at radius 1 is 1.19 bits per heavy atom. The lowest BCUT2D eigenvalue weighted by Crippen LogP contribution is -2.43. The maximum atomic E-state index is 12.7. The largest absolute Gasteiger partial charge is 0.332 e. The van der Waals surface area contributed by atoms with E-state index in [9.17, 15) is 13.2 Å². The summed E-state index contributed by atoms with van der Waals surface area (Å²) in [5.41, 5.74) is 1.00. The van der Waals surface area contributed by atoms with Crippen molar-refractivity contribution in [2.45, 2.75) is 32.6 Å². The van der Waals surface area contributed by atoms with Crippen molar-refractivity contribution in [1.29, 1.82) is 0 Å². The lowest BCUT2D eigenvalue weighted by Gasteiger charge is -2.28. The molecule has 0 spiro atoms. The predicted molar refractivity (Wildman–Crippen MR) is 83.2 cm³/mol. The molecule has 1 amide bonds. The van der Waals surface area contributed by atoms with Crippen molar-refractivity contribution in [1.82, 2.24) is 9.21 Å². The van der Waals surface area contributed by atoms with E-state index >= 15 is 0 Å². The van der Waals surface area contributed by atoms with Crippen molar-refractivity contribution in [3.8, 4) is 0 Å². The second-order valence-electron chi connectivity index (χ2n) is 5.70. The monoisotopic (exact) mass is 312 g/mol. The normalized spacial score (nSPS) is 12.0. The smallest absolute Gasteiger partial charge is 0.244 e. The van der Waals surface area contributed by atoms with E-state index in [0.29, 0.717) is 6.54 Å². The molecule has 0 aromatic heterocycles. The SMILES string of the molecule is CC(=O)N(C)CN(CC(C)C)S(=O)(=O)c1ccc(C)cc1. The molecule has 0 atom stereocenters. The number of nitrogens with zero attached hydrogens (tertiary/aromatic N) is 2. The van der Waals surface area contributed by atoms with Crippen LogP contribution in [0, 0.1) is 12.8 Å². The van der Waals surface area contributed by atoms with Crippen LogP contribution in [0.2, 0.25) is 0 Å². The fourth-order valence-corrected chi connectivity index (χ4v) is 3.43. The molecule has 0 aliphatic heterocycles. The van der Waals surface area contributed by atoms with E-state index in [4.69, 9.17) is 0 Å². The molecule has 21 heavy (non-hydrogen) atoms. The summed E-state index contributed by atoms with van der Waals surface area (Å²) in [5.74, 6) is 0.00782. The maximum absolute atomic E-state index is 12.7. The number of sulfonamides is 1. The Labute approximate surface area is 127 Å². The van der Waals surface area contributed by atoms with Crippen molar-refractivity contribution in [3.05, 3.63) is 29.8 Å². The number of aryl methyl sites for hydroxylation is 1. The van der Waals surface area contributed by atoms with E-state index in [-0.39, 0.29) is 23.4 Å². The van der Waals surface area contributed by atoms with Crippen molar-refractivity contribution < 1.29 is 13.2 Å².